The van der Waals surface area contributed by atoms with E-state index >= 15 is 0 Å². The predicted molar refractivity (Wildman–Crippen MR) is 94.2 cm³/mol. The van der Waals surface area contributed by atoms with Crippen molar-refractivity contribution in [2.45, 2.75) is 44.6 Å². The molecule has 0 bridgehead atoms. The van der Waals surface area contributed by atoms with E-state index in [2.05, 4.69) is 15.5 Å². The molecule has 2 heterocycles. The Labute approximate surface area is 146 Å². The molecular formula is C19H22N4O2. The fraction of sp³-hybridized carbons (Fsp3) is 0.421. The molecule has 0 unspecified atom stereocenters. The number of para-hydroxylation sites is 1. The van der Waals surface area contributed by atoms with E-state index in [-0.39, 0.29) is 12.5 Å². The second-order valence-electron chi connectivity index (χ2n) is 6.73. The summed E-state index contributed by atoms with van der Waals surface area (Å²) in [5, 5.41) is 7.93. The summed E-state index contributed by atoms with van der Waals surface area (Å²) in [5.74, 6) is 1.53. The van der Waals surface area contributed by atoms with Crippen molar-refractivity contribution in [1.82, 2.24) is 20.0 Å². The minimum absolute atomic E-state index is 0.130. The summed E-state index contributed by atoms with van der Waals surface area (Å²) < 4.78 is 7.27. The number of nitrogens with zero attached hydrogens (tertiary/aromatic N) is 3. The molecule has 6 nitrogen and oxygen atoms in total. The zero-order valence-electron chi connectivity index (χ0n) is 14.4. The van der Waals surface area contributed by atoms with Gasteiger partial charge in [0.1, 0.15) is 0 Å². The standard InChI is InChI=1S/C19H22N4O2/c1-23-12-15(14-9-5-6-10-16(14)23)19(24)20-11-17-21-18(22-25-17)13-7-3-2-4-8-13/h5-6,9-10,12-13H,2-4,7-8,11H2,1H3,(H,20,24). The van der Waals surface area contributed by atoms with Crippen LogP contribution >= 0.6 is 0 Å². The lowest BCUT2D eigenvalue weighted by atomic mass is 9.89. The number of hydrogen-bond donors (Lipinski definition) is 1. The van der Waals surface area contributed by atoms with Gasteiger partial charge in [-0.05, 0) is 18.9 Å². The van der Waals surface area contributed by atoms with Crippen molar-refractivity contribution < 1.29 is 9.32 Å². The molecular weight excluding hydrogens is 316 g/mol. The molecule has 0 saturated heterocycles. The van der Waals surface area contributed by atoms with Crippen LogP contribution in [-0.2, 0) is 13.6 Å². The van der Waals surface area contributed by atoms with Crippen LogP contribution in [0.5, 0.6) is 0 Å². The van der Waals surface area contributed by atoms with Crippen molar-refractivity contribution in [1.29, 1.82) is 0 Å². The second kappa shape index (κ2) is 6.70. The van der Waals surface area contributed by atoms with Gasteiger partial charge in [0.05, 0.1) is 12.1 Å². The first-order chi connectivity index (χ1) is 12.2. The number of benzene rings is 1. The van der Waals surface area contributed by atoms with Gasteiger partial charge in [-0.2, -0.15) is 4.98 Å². The van der Waals surface area contributed by atoms with E-state index in [9.17, 15) is 4.79 Å². The lowest BCUT2D eigenvalue weighted by molar-refractivity contribution is 0.0947. The van der Waals surface area contributed by atoms with Crippen LogP contribution < -0.4 is 5.32 Å². The Bertz CT molecular complexity index is 890. The van der Waals surface area contributed by atoms with Gasteiger partial charge in [-0.1, -0.05) is 42.6 Å². The molecule has 0 spiro atoms. The third-order valence-electron chi connectivity index (χ3n) is 5.00. The monoisotopic (exact) mass is 338 g/mol. The SMILES string of the molecule is Cn1cc(C(=O)NCc2nc(C3CCCCC3)no2)c2ccccc21. The molecule has 4 rings (SSSR count). The summed E-state index contributed by atoms with van der Waals surface area (Å²) in [7, 11) is 1.94. The number of fused-ring (bicyclic) bond motifs is 1. The third kappa shape index (κ3) is 3.16. The minimum atomic E-state index is -0.130. The Kier molecular flexibility index (Phi) is 4.26. The highest BCUT2D eigenvalue weighted by Crippen LogP contribution is 2.30. The number of hydrogen-bond acceptors (Lipinski definition) is 4. The van der Waals surface area contributed by atoms with E-state index in [0.717, 1.165) is 29.6 Å². The first-order valence-corrected chi connectivity index (χ1v) is 8.87. The van der Waals surface area contributed by atoms with Crippen molar-refractivity contribution in [3.8, 4) is 0 Å². The van der Waals surface area contributed by atoms with Crippen LogP contribution in [0.2, 0.25) is 0 Å². The zero-order valence-corrected chi connectivity index (χ0v) is 14.4. The molecule has 3 aromatic rings. The molecule has 0 radical (unpaired) electrons. The summed E-state index contributed by atoms with van der Waals surface area (Å²) in [6, 6.07) is 7.86. The quantitative estimate of drug-likeness (QED) is 0.790. The number of rotatable bonds is 4. The van der Waals surface area contributed by atoms with E-state index in [0.29, 0.717) is 17.4 Å². The highest BCUT2D eigenvalue weighted by molar-refractivity contribution is 6.06. The van der Waals surface area contributed by atoms with Crippen LogP contribution in [0.1, 0.15) is 60.1 Å². The van der Waals surface area contributed by atoms with Crippen LogP contribution in [0.15, 0.2) is 35.0 Å². The molecule has 1 saturated carbocycles. The van der Waals surface area contributed by atoms with Gasteiger partial charge in [0.15, 0.2) is 5.82 Å². The Morgan fingerprint density at radius 1 is 1.28 bits per heavy atom. The molecule has 6 heteroatoms. The molecule has 1 fully saturated rings. The van der Waals surface area contributed by atoms with Gasteiger partial charge < -0.3 is 14.4 Å². The van der Waals surface area contributed by atoms with E-state index in [4.69, 9.17) is 4.52 Å². The molecule has 0 aliphatic heterocycles. The maximum Gasteiger partial charge on any atom is 0.253 e. The largest absolute Gasteiger partial charge is 0.350 e. The number of carbonyl (C=O) groups is 1. The number of aromatic nitrogens is 3. The fourth-order valence-electron chi connectivity index (χ4n) is 3.64. The van der Waals surface area contributed by atoms with Gasteiger partial charge >= 0.3 is 0 Å². The second-order valence-corrected chi connectivity index (χ2v) is 6.73. The summed E-state index contributed by atoms with van der Waals surface area (Å²) in [4.78, 5) is 17.0. The van der Waals surface area contributed by atoms with Crippen molar-refractivity contribution in [3.63, 3.8) is 0 Å². The van der Waals surface area contributed by atoms with Gasteiger partial charge in [0.2, 0.25) is 5.89 Å². The molecule has 130 valence electrons. The number of nitrogens with one attached hydrogen (secondary N) is 1. The fourth-order valence-corrected chi connectivity index (χ4v) is 3.64. The van der Waals surface area contributed by atoms with Crippen LogP contribution in [0.3, 0.4) is 0 Å². The molecule has 2 aromatic heterocycles. The molecule has 0 atom stereocenters. The average Bonchev–Trinajstić information content (AvgIpc) is 3.26. The topological polar surface area (TPSA) is 73.0 Å². The first-order valence-electron chi connectivity index (χ1n) is 8.87. The Morgan fingerprint density at radius 3 is 2.92 bits per heavy atom. The molecule has 1 aliphatic carbocycles. The van der Waals surface area contributed by atoms with Gasteiger partial charge in [0, 0.05) is 30.1 Å². The lowest BCUT2D eigenvalue weighted by Crippen LogP contribution is -2.22. The van der Waals surface area contributed by atoms with Crippen molar-refractivity contribution in [3.05, 3.63) is 47.7 Å². The van der Waals surface area contributed by atoms with Crippen LogP contribution in [0.4, 0.5) is 0 Å². The van der Waals surface area contributed by atoms with E-state index in [1.807, 2.05) is 42.1 Å². The summed E-state index contributed by atoms with van der Waals surface area (Å²) in [5.41, 5.74) is 1.69. The molecule has 1 N–H and O–H groups in total. The number of aryl methyl sites for hydroxylation is 1. The van der Waals surface area contributed by atoms with Crippen molar-refractivity contribution in [2.75, 3.05) is 0 Å². The maximum absolute atomic E-state index is 12.5. The third-order valence-corrected chi connectivity index (χ3v) is 5.00. The maximum atomic E-state index is 12.5. The normalized spacial score (nSPS) is 15.6. The van der Waals surface area contributed by atoms with Crippen molar-refractivity contribution in [2.24, 2.45) is 7.05 Å². The van der Waals surface area contributed by atoms with Gasteiger partial charge in [-0.15, -0.1) is 0 Å². The van der Waals surface area contributed by atoms with E-state index in [1.54, 1.807) is 0 Å². The van der Waals surface area contributed by atoms with Crippen LogP contribution in [0, 0.1) is 0 Å². The summed E-state index contributed by atoms with van der Waals surface area (Å²) >= 11 is 0. The minimum Gasteiger partial charge on any atom is -0.350 e. The Hall–Kier alpha value is -2.63. The Balaban J connectivity index is 1.44. The summed E-state index contributed by atoms with van der Waals surface area (Å²) in [6.45, 7) is 0.252. The van der Waals surface area contributed by atoms with E-state index in [1.165, 1.54) is 19.3 Å². The molecule has 1 aliphatic rings. The predicted octanol–water partition coefficient (Wildman–Crippen LogP) is 3.54. The van der Waals surface area contributed by atoms with Gasteiger partial charge in [0.25, 0.3) is 5.91 Å². The number of carbonyl (C=O) groups excluding carboxylic acids is 1. The smallest absolute Gasteiger partial charge is 0.253 e. The van der Waals surface area contributed by atoms with Crippen LogP contribution in [0.25, 0.3) is 10.9 Å². The molecule has 1 amide bonds. The highest BCUT2D eigenvalue weighted by atomic mass is 16.5. The molecule has 25 heavy (non-hydrogen) atoms. The lowest BCUT2D eigenvalue weighted by Gasteiger charge is -2.17. The number of amides is 1. The Morgan fingerprint density at radius 2 is 2.08 bits per heavy atom. The molecule has 1 aromatic carbocycles. The van der Waals surface area contributed by atoms with Crippen LogP contribution in [-0.4, -0.2) is 20.6 Å². The van der Waals surface area contributed by atoms with E-state index < -0.39 is 0 Å². The van der Waals surface area contributed by atoms with Gasteiger partial charge in [-0.25, -0.2) is 0 Å². The zero-order chi connectivity index (χ0) is 17.2. The first kappa shape index (κ1) is 15.9. The van der Waals surface area contributed by atoms with Gasteiger partial charge in [-0.3, -0.25) is 4.79 Å². The highest BCUT2D eigenvalue weighted by Gasteiger charge is 2.21. The van der Waals surface area contributed by atoms with Crippen molar-refractivity contribution >= 4 is 16.8 Å². The summed E-state index contributed by atoms with van der Waals surface area (Å²) in [6.07, 6.45) is 7.85. The average molecular weight is 338 g/mol.